The van der Waals surface area contributed by atoms with E-state index in [1.807, 2.05) is 42.7 Å². The lowest BCUT2D eigenvalue weighted by Crippen LogP contribution is -2.37. The van der Waals surface area contributed by atoms with E-state index in [9.17, 15) is 9.59 Å². The number of rotatable bonds is 5. The predicted octanol–water partition coefficient (Wildman–Crippen LogP) is 3.89. The number of thioether (sulfide) groups is 1. The summed E-state index contributed by atoms with van der Waals surface area (Å²) in [5.41, 5.74) is 2.42. The number of carbonyl (C=O) groups excluding carboxylic acids is 2. The Labute approximate surface area is 185 Å². The normalized spacial score (nSPS) is 19.3. The van der Waals surface area contributed by atoms with Crippen molar-refractivity contribution in [1.29, 1.82) is 0 Å². The van der Waals surface area contributed by atoms with E-state index in [1.165, 1.54) is 0 Å². The minimum absolute atomic E-state index is 0.0344. The second kappa shape index (κ2) is 9.29. The van der Waals surface area contributed by atoms with Gasteiger partial charge in [0.2, 0.25) is 11.8 Å². The van der Waals surface area contributed by atoms with Crippen LogP contribution >= 0.6 is 23.4 Å². The summed E-state index contributed by atoms with van der Waals surface area (Å²) in [5, 5.41) is 3.57. The lowest BCUT2D eigenvalue weighted by molar-refractivity contribution is -0.122. The first-order valence-electron chi connectivity index (χ1n) is 9.92. The number of hydrogen-bond acceptors (Lipinski definition) is 5. The SMILES string of the molecule is CSc1cccc(N2CC(C(=O)Nc3cc(Cl)ccc3N3CCOCC3)CC2=O)c1. The van der Waals surface area contributed by atoms with Gasteiger partial charge in [0, 0.05) is 41.7 Å². The number of halogens is 1. The summed E-state index contributed by atoms with van der Waals surface area (Å²) in [6.45, 7) is 3.18. The van der Waals surface area contributed by atoms with Crippen molar-refractivity contribution < 1.29 is 14.3 Å². The van der Waals surface area contributed by atoms with Crippen molar-refractivity contribution in [1.82, 2.24) is 0 Å². The number of nitrogens with one attached hydrogen (secondary N) is 1. The van der Waals surface area contributed by atoms with Crippen LogP contribution in [-0.2, 0) is 14.3 Å². The first-order valence-corrected chi connectivity index (χ1v) is 11.5. The van der Waals surface area contributed by atoms with Crippen molar-refractivity contribution in [3.05, 3.63) is 47.5 Å². The first kappa shape index (κ1) is 21.0. The second-order valence-electron chi connectivity index (χ2n) is 7.36. The number of anilines is 3. The maximum Gasteiger partial charge on any atom is 0.229 e. The molecule has 0 saturated carbocycles. The van der Waals surface area contributed by atoms with Crippen molar-refractivity contribution in [3.8, 4) is 0 Å². The molecule has 2 fully saturated rings. The standard InChI is InChI=1S/C22H24ClN3O3S/c1-30-18-4-2-3-17(13-18)26-14-15(11-21(26)27)22(28)24-19-12-16(23)5-6-20(19)25-7-9-29-10-8-25/h2-6,12-13,15H,7-11,14H2,1H3,(H,24,28). The molecule has 2 aliphatic rings. The van der Waals surface area contributed by atoms with Crippen LogP contribution in [0.2, 0.25) is 5.02 Å². The summed E-state index contributed by atoms with van der Waals surface area (Å²) in [6, 6.07) is 13.3. The maximum atomic E-state index is 13.0. The summed E-state index contributed by atoms with van der Waals surface area (Å²) in [5.74, 6) is -0.608. The van der Waals surface area contributed by atoms with Crippen molar-refractivity contribution in [2.75, 3.05) is 54.2 Å². The molecule has 1 unspecified atom stereocenters. The highest BCUT2D eigenvalue weighted by atomic mass is 35.5. The average Bonchev–Trinajstić information content (AvgIpc) is 3.16. The van der Waals surface area contributed by atoms with Crippen LogP contribution in [0.5, 0.6) is 0 Å². The van der Waals surface area contributed by atoms with E-state index in [4.69, 9.17) is 16.3 Å². The van der Waals surface area contributed by atoms with Gasteiger partial charge < -0.3 is 19.9 Å². The zero-order chi connectivity index (χ0) is 21.1. The number of ether oxygens (including phenoxy) is 1. The molecule has 30 heavy (non-hydrogen) atoms. The molecule has 2 amide bonds. The van der Waals surface area contributed by atoms with E-state index in [0.717, 1.165) is 29.4 Å². The minimum Gasteiger partial charge on any atom is -0.378 e. The Balaban J connectivity index is 1.49. The minimum atomic E-state index is -0.410. The Morgan fingerprint density at radius 3 is 2.77 bits per heavy atom. The zero-order valence-electron chi connectivity index (χ0n) is 16.8. The van der Waals surface area contributed by atoms with Crippen molar-refractivity contribution in [2.24, 2.45) is 5.92 Å². The lowest BCUT2D eigenvalue weighted by Gasteiger charge is -2.30. The smallest absolute Gasteiger partial charge is 0.229 e. The van der Waals surface area contributed by atoms with Crippen LogP contribution < -0.4 is 15.1 Å². The Morgan fingerprint density at radius 1 is 1.20 bits per heavy atom. The summed E-state index contributed by atoms with van der Waals surface area (Å²) in [6.07, 6.45) is 2.20. The summed E-state index contributed by atoms with van der Waals surface area (Å²) in [7, 11) is 0. The van der Waals surface area contributed by atoms with Gasteiger partial charge in [-0.05, 0) is 42.7 Å². The molecule has 2 aromatic rings. The van der Waals surface area contributed by atoms with Crippen molar-refractivity contribution >= 4 is 52.2 Å². The van der Waals surface area contributed by atoms with Gasteiger partial charge in [-0.3, -0.25) is 9.59 Å². The van der Waals surface area contributed by atoms with Crippen LogP contribution in [0.1, 0.15) is 6.42 Å². The van der Waals surface area contributed by atoms with Gasteiger partial charge in [0.1, 0.15) is 0 Å². The topological polar surface area (TPSA) is 61.9 Å². The third kappa shape index (κ3) is 4.58. The number of nitrogens with zero attached hydrogens (tertiary/aromatic N) is 2. The third-order valence-corrected chi connectivity index (χ3v) is 6.39. The van der Waals surface area contributed by atoms with Gasteiger partial charge in [-0.25, -0.2) is 0 Å². The van der Waals surface area contributed by atoms with E-state index in [-0.39, 0.29) is 18.2 Å². The van der Waals surface area contributed by atoms with Gasteiger partial charge in [0.15, 0.2) is 0 Å². The van der Waals surface area contributed by atoms with Crippen LogP contribution in [0.3, 0.4) is 0 Å². The molecule has 2 aromatic carbocycles. The molecule has 2 heterocycles. The van der Waals surface area contributed by atoms with Crippen LogP contribution in [0.25, 0.3) is 0 Å². The van der Waals surface area contributed by atoms with Crippen LogP contribution in [0.4, 0.5) is 17.1 Å². The van der Waals surface area contributed by atoms with Gasteiger partial charge in [0.25, 0.3) is 0 Å². The molecular weight excluding hydrogens is 422 g/mol. The van der Waals surface area contributed by atoms with Gasteiger partial charge in [-0.15, -0.1) is 11.8 Å². The quantitative estimate of drug-likeness (QED) is 0.707. The molecule has 0 spiro atoms. The second-order valence-corrected chi connectivity index (χ2v) is 8.67. The van der Waals surface area contributed by atoms with Crippen molar-refractivity contribution in [3.63, 3.8) is 0 Å². The number of amides is 2. The lowest BCUT2D eigenvalue weighted by atomic mass is 10.1. The largest absolute Gasteiger partial charge is 0.378 e. The van der Waals surface area contributed by atoms with E-state index in [2.05, 4.69) is 10.2 Å². The Hall–Kier alpha value is -2.22. The van der Waals surface area contributed by atoms with E-state index < -0.39 is 5.92 Å². The van der Waals surface area contributed by atoms with E-state index >= 15 is 0 Å². The Bertz CT molecular complexity index is 949. The number of carbonyl (C=O) groups is 2. The highest BCUT2D eigenvalue weighted by molar-refractivity contribution is 7.98. The van der Waals surface area contributed by atoms with Crippen LogP contribution in [0, 0.1) is 5.92 Å². The first-order chi connectivity index (χ1) is 14.5. The molecular formula is C22H24ClN3O3S. The predicted molar refractivity (Wildman–Crippen MR) is 122 cm³/mol. The molecule has 2 aliphatic heterocycles. The van der Waals surface area contributed by atoms with E-state index in [1.54, 1.807) is 22.7 Å². The van der Waals surface area contributed by atoms with Crippen LogP contribution in [-0.4, -0.2) is 50.9 Å². The molecule has 1 atom stereocenters. The van der Waals surface area contributed by atoms with Crippen LogP contribution in [0.15, 0.2) is 47.4 Å². The molecule has 6 nitrogen and oxygen atoms in total. The molecule has 2 saturated heterocycles. The monoisotopic (exact) mass is 445 g/mol. The maximum absolute atomic E-state index is 13.0. The molecule has 158 valence electrons. The molecule has 0 radical (unpaired) electrons. The molecule has 0 aliphatic carbocycles. The summed E-state index contributed by atoms with van der Waals surface area (Å²) >= 11 is 7.82. The van der Waals surface area contributed by atoms with Gasteiger partial charge in [0.05, 0.1) is 30.5 Å². The molecule has 1 N–H and O–H groups in total. The Morgan fingerprint density at radius 2 is 2.00 bits per heavy atom. The van der Waals surface area contributed by atoms with Gasteiger partial charge in [-0.1, -0.05) is 17.7 Å². The average molecular weight is 446 g/mol. The summed E-state index contributed by atoms with van der Waals surface area (Å²) < 4.78 is 5.43. The third-order valence-electron chi connectivity index (χ3n) is 5.43. The number of morpholine rings is 1. The number of benzene rings is 2. The Kier molecular flexibility index (Phi) is 6.51. The highest BCUT2D eigenvalue weighted by Crippen LogP contribution is 2.32. The number of hydrogen-bond donors (Lipinski definition) is 1. The van der Waals surface area contributed by atoms with Gasteiger partial charge in [-0.2, -0.15) is 0 Å². The fraction of sp³-hybridized carbons (Fsp3) is 0.364. The zero-order valence-corrected chi connectivity index (χ0v) is 18.3. The highest BCUT2D eigenvalue weighted by Gasteiger charge is 2.35. The van der Waals surface area contributed by atoms with Gasteiger partial charge >= 0.3 is 0 Å². The fourth-order valence-electron chi connectivity index (χ4n) is 3.83. The summed E-state index contributed by atoms with van der Waals surface area (Å²) in [4.78, 5) is 30.6. The molecule has 0 aromatic heterocycles. The molecule has 0 bridgehead atoms. The fourth-order valence-corrected chi connectivity index (χ4v) is 4.46. The van der Waals surface area contributed by atoms with Crippen molar-refractivity contribution in [2.45, 2.75) is 11.3 Å². The molecule has 4 rings (SSSR count). The van der Waals surface area contributed by atoms with E-state index in [0.29, 0.717) is 30.5 Å². The molecule has 8 heteroatoms.